The Labute approximate surface area is 126 Å². The van der Waals surface area contributed by atoms with E-state index in [9.17, 15) is 9.90 Å². The van der Waals surface area contributed by atoms with Crippen LogP contribution >= 0.6 is 11.3 Å². The van der Waals surface area contributed by atoms with E-state index >= 15 is 0 Å². The summed E-state index contributed by atoms with van der Waals surface area (Å²) < 4.78 is 0. The Morgan fingerprint density at radius 3 is 2.76 bits per heavy atom. The van der Waals surface area contributed by atoms with Crippen molar-refractivity contribution in [2.24, 2.45) is 5.73 Å². The number of hydrogen-bond donors (Lipinski definition) is 2. The molecule has 3 heterocycles. The summed E-state index contributed by atoms with van der Waals surface area (Å²) in [5, 5.41) is 10.9. The van der Waals surface area contributed by atoms with Crippen molar-refractivity contribution in [2.45, 2.75) is 39.3 Å². The zero-order valence-electron chi connectivity index (χ0n) is 12.3. The summed E-state index contributed by atoms with van der Waals surface area (Å²) in [5.41, 5.74) is 6.60. The monoisotopic (exact) mass is 306 g/mol. The molecule has 1 amide bonds. The van der Waals surface area contributed by atoms with Gasteiger partial charge in [-0.15, -0.1) is 11.3 Å². The second kappa shape index (κ2) is 4.92. The predicted molar refractivity (Wildman–Crippen MR) is 82.6 cm³/mol. The van der Waals surface area contributed by atoms with Gasteiger partial charge in [-0.1, -0.05) is 0 Å². The Morgan fingerprint density at radius 2 is 2.10 bits per heavy atom. The van der Waals surface area contributed by atoms with E-state index < -0.39 is 18.1 Å². The predicted octanol–water partition coefficient (Wildman–Crippen LogP) is 1.04. The van der Waals surface area contributed by atoms with Crippen LogP contribution in [0, 0.1) is 20.8 Å². The summed E-state index contributed by atoms with van der Waals surface area (Å²) in [6.07, 6.45) is -0.213. The van der Waals surface area contributed by atoms with E-state index in [1.807, 2.05) is 25.7 Å². The smallest absolute Gasteiger partial charge is 0.240 e. The number of nitrogens with zero attached hydrogens (tertiary/aromatic N) is 3. The summed E-state index contributed by atoms with van der Waals surface area (Å²) in [4.78, 5) is 24.6. The van der Waals surface area contributed by atoms with Crippen molar-refractivity contribution in [3.63, 3.8) is 0 Å². The zero-order chi connectivity index (χ0) is 15.3. The van der Waals surface area contributed by atoms with Gasteiger partial charge in [-0.2, -0.15) is 0 Å². The van der Waals surface area contributed by atoms with Crippen molar-refractivity contribution >= 4 is 33.3 Å². The number of hydrogen-bond acceptors (Lipinski definition) is 6. The molecule has 0 aliphatic carbocycles. The van der Waals surface area contributed by atoms with Gasteiger partial charge in [-0.05, 0) is 26.3 Å². The molecule has 1 saturated heterocycles. The topological polar surface area (TPSA) is 92.3 Å². The molecule has 2 atom stereocenters. The number of amides is 1. The van der Waals surface area contributed by atoms with Crippen LogP contribution in [0.2, 0.25) is 0 Å². The maximum Gasteiger partial charge on any atom is 0.240 e. The van der Waals surface area contributed by atoms with Gasteiger partial charge in [0, 0.05) is 17.8 Å². The van der Waals surface area contributed by atoms with Crippen molar-refractivity contribution < 1.29 is 9.90 Å². The van der Waals surface area contributed by atoms with Gasteiger partial charge in [0.25, 0.3) is 0 Å². The number of anilines is 1. The summed E-state index contributed by atoms with van der Waals surface area (Å²) in [7, 11) is 0. The number of thiophene rings is 1. The van der Waals surface area contributed by atoms with Crippen molar-refractivity contribution in [1.82, 2.24) is 9.97 Å². The normalized spacial score (nSPS) is 22.2. The van der Waals surface area contributed by atoms with E-state index in [2.05, 4.69) is 9.97 Å². The summed E-state index contributed by atoms with van der Waals surface area (Å²) in [5.74, 6) is 0.934. The Bertz CT molecular complexity index is 727. The zero-order valence-corrected chi connectivity index (χ0v) is 13.1. The highest BCUT2D eigenvalue weighted by Crippen LogP contribution is 2.37. The van der Waals surface area contributed by atoms with Crippen LogP contribution in [0.1, 0.15) is 22.7 Å². The van der Waals surface area contributed by atoms with Crippen molar-refractivity contribution in [3.05, 3.63) is 16.3 Å². The Kier molecular flexibility index (Phi) is 3.33. The Hall–Kier alpha value is -1.73. The Morgan fingerprint density at radius 1 is 1.38 bits per heavy atom. The van der Waals surface area contributed by atoms with Crippen molar-refractivity contribution in [1.29, 1.82) is 0 Å². The first-order valence-corrected chi connectivity index (χ1v) is 7.68. The molecule has 0 radical (unpaired) electrons. The van der Waals surface area contributed by atoms with Gasteiger partial charge in [0.05, 0.1) is 11.5 Å². The second-order valence-electron chi connectivity index (χ2n) is 5.52. The molecule has 0 aromatic carbocycles. The number of carbonyl (C=O) groups is 1. The molecule has 0 saturated carbocycles. The lowest BCUT2D eigenvalue weighted by atomic mass is 10.1. The number of nitrogens with two attached hydrogens (primary N) is 1. The highest BCUT2D eigenvalue weighted by molar-refractivity contribution is 7.18. The average Bonchev–Trinajstić information content (AvgIpc) is 2.91. The lowest BCUT2D eigenvalue weighted by Crippen LogP contribution is -2.41. The van der Waals surface area contributed by atoms with Crippen LogP contribution in [-0.4, -0.2) is 39.7 Å². The molecular formula is C14H18N4O2S. The van der Waals surface area contributed by atoms with Crippen LogP contribution in [0.15, 0.2) is 0 Å². The van der Waals surface area contributed by atoms with Gasteiger partial charge in [-0.25, -0.2) is 9.97 Å². The summed E-state index contributed by atoms with van der Waals surface area (Å²) >= 11 is 1.62. The second-order valence-corrected chi connectivity index (χ2v) is 6.72. The number of aryl methyl sites for hydroxylation is 3. The lowest BCUT2D eigenvalue weighted by Gasteiger charge is -2.24. The first-order valence-electron chi connectivity index (χ1n) is 6.87. The molecule has 2 aromatic rings. The highest BCUT2D eigenvalue weighted by atomic mass is 32.1. The van der Waals surface area contributed by atoms with E-state index in [-0.39, 0.29) is 0 Å². The van der Waals surface area contributed by atoms with Gasteiger partial charge in [-0.3, -0.25) is 4.79 Å². The molecular weight excluding hydrogens is 288 g/mol. The number of fused-ring (bicyclic) bond motifs is 1. The highest BCUT2D eigenvalue weighted by Gasteiger charge is 2.37. The third kappa shape index (κ3) is 2.26. The fourth-order valence-electron chi connectivity index (χ4n) is 2.86. The molecule has 2 aromatic heterocycles. The molecule has 0 bridgehead atoms. The van der Waals surface area contributed by atoms with E-state index in [0.29, 0.717) is 24.6 Å². The van der Waals surface area contributed by atoms with Crippen LogP contribution in [0.25, 0.3) is 10.2 Å². The largest absolute Gasteiger partial charge is 0.391 e. The van der Waals surface area contributed by atoms with Crippen LogP contribution in [0.3, 0.4) is 0 Å². The van der Waals surface area contributed by atoms with E-state index in [1.165, 1.54) is 4.88 Å². The maximum absolute atomic E-state index is 11.7. The number of aliphatic hydroxyl groups is 1. The average molecular weight is 306 g/mol. The molecule has 1 aliphatic rings. The quantitative estimate of drug-likeness (QED) is 0.865. The number of rotatable bonds is 2. The minimum Gasteiger partial charge on any atom is -0.391 e. The van der Waals surface area contributed by atoms with Crippen LogP contribution in [0.4, 0.5) is 5.82 Å². The summed E-state index contributed by atoms with van der Waals surface area (Å²) in [6, 6.07) is -0.517. The number of carbonyl (C=O) groups excluding carboxylic acids is 1. The SMILES string of the molecule is Cc1nc(N2C[C@H](O)C[C@@H]2C(N)=O)c2c(C)c(C)sc2n1. The molecule has 6 nitrogen and oxygen atoms in total. The lowest BCUT2D eigenvalue weighted by molar-refractivity contribution is -0.119. The van der Waals surface area contributed by atoms with Crippen LogP contribution < -0.4 is 10.6 Å². The summed E-state index contributed by atoms with van der Waals surface area (Å²) in [6.45, 7) is 6.28. The molecule has 7 heteroatoms. The third-order valence-corrected chi connectivity index (χ3v) is 5.10. The van der Waals surface area contributed by atoms with Gasteiger partial charge < -0.3 is 15.7 Å². The molecule has 1 aliphatic heterocycles. The van der Waals surface area contributed by atoms with E-state index in [0.717, 1.165) is 15.8 Å². The minimum absolute atomic E-state index is 0.349. The Balaban J connectivity index is 2.21. The number of β-amino-alcohol motifs (C(OH)–C–C–N with tert-alkyl or cyclic N) is 1. The first-order chi connectivity index (χ1) is 9.88. The molecule has 21 heavy (non-hydrogen) atoms. The standard InChI is InChI=1S/C14H18N4O2S/c1-6-7(2)21-14-11(6)13(16-8(3)17-14)18-5-9(19)4-10(18)12(15)20/h9-10,19H,4-5H2,1-3H3,(H2,15,20)/t9-,10-/m1/s1. The molecule has 112 valence electrons. The van der Waals surface area contributed by atoms with Crippen molar-refractivity contribution in [3.8, 4) is 0 Å². The number of aliphatic hydroxyl groups excluding tert-OH is 1. The number of primary amides is 1. The molecule has 3 N–H and O–H groups in total. The first kappa shape index (κ1) is 14.2. The van der Waals surface area contributed by atoms with Gasteiger partial charge in [0.15, 0.2) is 0 Å². The fourth-order valence-corrected chi connectivity index (χ4v) is 3.93. The minimum atomic E-state index is -0.562. The van der Waals surface area contributed by atoms with Crippen LogP contribution in [0.5, 0.6) is 0 Å². The molecule has 1 fully saturated rings. The van der Waals surface area contributed by atoms with Crippen LogP contribution in [-0.2, 0) is 4.79 Å². The fraction of sp³-hybridized carbons (Fsp3) is 0.500. The molecule has 3 rings (SSSR count). The van der Waals surface area contributed by atoms with Crippen molar-refractivity contribution in [2.75, 3.05) is 11.4 Å². The van der Waals surface area contributed by atoms with E-state index in [4.69, 9.17) is 5.73 Å². The third-order valence-electron chi connectivity index (χ3n) is 4.00. The van der Waals surface area contributed by atoms with E-state index in [1.54, 1.807) is 11.3 Å². The molecule has 0 spiro atoms. The van der Waals surface area contributed by atoms with Gasteiger partial charge >= 0.3 is 0 Å². The van der Waals surface area contributed by atoms with Gasteiger partial charge in [0.2, 0.25) is 5.91 Å². The number of aromatic nitrogens is 2. The molecule has 0 unspecified atom stereocenters. The van der Waals surface area contributed by atoms with Gasteiger partial charge in [0.1, 0.15) is 22.5 Å². The maximum atomic E-state index is 11.7.